The van der Waals surface area contributed by atoms with E-state index in [1.165, 1.54) is 9.75 Å². The zero-order valence-electron chi connectivity index (χ0n) is 11.1. The Kier molecular flexibility index (Phi) is 5.01. The van der Waals surface area contributed by atoms with Gasteiger partial charge in [-0.2, -0.15) is 0 Å². The van der Waals surface area contributed by atoms with Crippen LogP contribution in [-0.4, -0.2) is 0 Å². The lowest BCUT2D eigenvalue weighted by molar-refractivity contribution is 0.802. The molecule has 0 amide bonds. The Morgan fingerprint density at radius 3 is 2.57 bits per heavy atom. The van der Waals surface area contributed by atoms with Gasteiger partial charge in [0.1, 0.15) is 0 Å². The average Bonchev–Trinajstić information content (AvgIpc) is 3.15. The van der Waals surface area contributed by atoms with Crippen LogP contribution in [-0.2, 0) is 6.42 Å². The first kappa shape index (κ1) is 15.1. The van der Waals surface area contributed by atoms with E-state index in [2.05, 4.69) is 56.3 Å². The molecule has 1 unspecified atom stereocenters. The van der Waals surface area contributed by atoms with Crippen molar-refractivity contribution in [3.63, 3.8) is 0 Å². The number of halogens is 2. The molecule has 1 atom stereocenters. The number of hydrogen-bond acceptors (Lipinski definition) is 3. The molecule has 0 fully saturated rings. The van der Waals surface area contributed by atoms with Gasteiger partial charge in [0, 0.05) is 26.3 Å². The van der Waals surface area contributed by atoms with Gasteiger partial charge in [0.25, 0.3) is 0 Å². The smallest absolute Gasteiger partial charge is 0.0654 e. The first-order valence-electron chi connectivity index (χ1n) is 6.50. The zero-order chi connectivity index (χ0) is 14.7. The van der Waals surface area contributed by atoms with Crippen molar-refractivity contribution in [1.29, 1.82) is 0 Å². The first-order valence-corrected chi connectivity index (χ1v) is 9.43. The van der Waals surface area contributed by atoms with Gasteiger partial charge in [-0.3, -0.25) is 0 Å². The summed E-state index contributed by atoms with van der Waals surface area (Å²) in [6.45, 7) is 0. The van der Waals surface area contributed by atoms with Gasteiger partial charge in [0.05, 0.1) is 11.1 Å². The molecule has 3 aromatic rings. The van der Waals surface area contributed by atoms with Gasteiger partial charge < -0.3 is 5.32 Å². The summed E-state index contributed by atoms with van der Waals surface area (Å²) < 4.78 is 0.917. The monoisotopic (exact) mass is 397 g/mol. The van der Waals surface area contributed by atoms with Gasteiger partial charge >= 0.3 is 0 Å². The SMILES string of the molecule is Clc1cc(NC(Cc2cccs2)c2cccs2)ccc1Br. The number of benzene rings is 1. The molecule has 0 saturated heterocycles. The van der Waals surface area contributed by atoms with Gasteiger partial charge in [0.2, 0.25) is 0 Å². The number of hydrogen-bond donors (Lipinski definition) is 1. The molecule has 5 heteroatoms. The molecule has 108 valence electrons. The van der Waals surface area contributed by atoms with Crippen molar-refractivity contribution >= 4 is 55.9 Å². The molecule has 0 bridgehead atoms. The highest BCUT2D eigenvalue weighted by Gasteiger charge is 2.14. The minimum absolute atomic E-state index is 0.265. The summed E-state index contributed by atoms with van der Waals surface area (Å²) >= 11 is 13.2. The highest BCUT2D eigenvalue weighted by Crippen LogP contribution is 2.31. The molecule has 0 aliphatic rings. The van der Waals surface area contributed by atoms with E-state index in [4.69, 9.17) is 11.6 Å². The molecule has 2 heterocycles. The first-order chi connectivity index (χ1) is 10.2. The lowest BCUT2D eigenvalue weighted by Gasteiger charge is -2.18. The summed E-state index contributed by atoms with van der Waals surface area (Å²) in [5.74, 6) is 0. The topological polar surface area (TPSA) is 12.0 Å². The fourth-order valence-electron chi connectivity index (χ4n) is 2.13. The van der Waals surface area contributed by atoms with Crippen LogP contribution >= 0.6 is 50.2 Å². The Bertz CT molecular complexity index is 695. The third kappa shape index (κ3) is 3.89. The van der Waals surface area contributed by atoms with Crippen LogP contribution in [0.25, 0.3) is 0 Å². The second-order valence-corrected chi connectivity index (χ2v) is 7.90. The summed E-state index contributed by atoms with van der Waals surface area (Å²) in [6.07, 6.45) is 0.978. The summed E-state index contributed by atoms with van der Waals surface area (Å²) in [7, 11) is 0. The summed E-state index contributed by atoms with van der Waals surface area (Å²) in [4.78, 5) is 2.71. The number of thiophene rings is 2. The molecule has 0 spiro atoms. The van der Waals surface area contributed by atoms with Crippen LogP contribution in [0.1, 0.15) is 15.8 Å². The van der Waals surface area contributed by atoms with Crippen LogP contribution in [0.4, 0.5) is 5.69 Å². The fourth-order valence-corrected chi connectivity index (χ4v) is 4.09. The summed E-state index contributed by atoms with van der Waals surface area (Å²) in [6, 6.07) is 14.8. The van der Waals surface area contributed by atoms with Crippen LogP contribution in [0.3, 0.4) is 0 Å². The Morgan fingerprint density at radius 1 is 1.10 bits per heavy atom. The zero-order valence-corrected chi connectivity index (χ0v) is 15.0. The van der Waals surface area contributed by atoms with E-state index in [0.29, 0.717) is 0 Å². The standard InChI is InChI=1S/C16H13BrClNS2/c17-13-6-5-11(9-14(13)18)19-15(16-4-2-8-21-16)10-12-3-1-7-20-12/h1-9,15,19H,10H2. The third-order valence-corrected chi connectivity index (χ3v) is 6.25. The van der Waals surface area contributed by atoms with Crippen LogP contribution in [0.5, 0.6) is 0 Å². The van der Waals surface area contributed by atoms with E-state index in [-0.39, 0.29) is 6.04 Å². The maximum absolute atomic E-state index is 6.18. The minimum Gasteiger partial charge on any atom is -0.377 e. The fraction of sp³-hybridized carbons (Fsp3) is 0.125. The second-order valence-electron chi connectivity index (χ2n) is 4.62. The van der Waals surface area contributed by atoms with E-state index < -0.39 is 0 Å². The summed E-state index contributed by atoms with van der Waals surface area (Å²) in [5, 5.41) is 8.56. The molecule has 1 N–H and O–H groups in total. The molecule has 0 saturated carbocycles. The van der Waals surface area contributed by atoms with Crippen molar-refractivity contribution in [2.75, 3.05) is 5.32 Å². The largest absolute Gasteiger partial charge is 0.377 e. The quantitative estimate of drug-likeness (QED) is 0.509. The Hall–Kier alpha value is -0.810. The van der Waals surface area contributed by atoms with E-state index in [0.717, 1.165) is 21.6 Å². The number of anilines is 1. The van der Waals surface area contributed by atoms with E-state index >= 15 is 0 Å². The van der Waals surface area contributed by atoms with Gasteiger partial charge in [-0.05, 0) is 57.0 Å². The molecule has 1 aromatic carbocycles. The van der Waals surface area contributed by atoms with Gasteiger partial charge in [-0.1, -0.05) is 23.7 Å². The van der Waals surface area contributed by atoms with Crippen molar-refractivity contribution in [1.82, 2.24) is 0 Å². The van der Waals surface area contributed by atoms with E-state index in [1.54, 1.807) is 22.7 Å². The third-order valence-electron chi connectivity index (χ3n) is 3.13. The predicted molar refractivity (Wildman–Crippen MR) is 97.9 cm³/mol. The van der Waals surface area contributed by atoms with Crippen molar-refractivity contribution in [2.24, 2.45) is 0 Å². The molecule has 1 nitrogen and oxygen atoms in total. The molecule has 21 heavy (non-hydrogen) atoms. The van der Waals surface area contributed by atoms with Gasteiger partial charge in [-0.15, -0.1) is 22.7 Å². The maximum Gasteiger partial charge on any atom is 0.0654 e. The lowest BCUT2D eigenvalue weighted by atomic mass is 10.1. The normalized spacial score (nSPS) is 12.3. The molecular weight excluding hydrogens is 386 g/mol. The highest BCUT2D eigenvalue weighted by atomic mass is 79.9. The lowest BCUT2D eigenvalue weighted by Crippen LogP contribution is -2.11. The molecule has 0 aliphatic carbocycles. The maximum atomic E-state index is 6.18. The molecule has 2 aromatic heterocycles. The van der Waals surface area contributed by atoms with Crippen molar-refractivity contribution in [2.45, 2.75) is 12.5 Å². The van der Waals surface area contributed by atoms with Crippen molar-refractivity contribution < 1.29 is 0 Å². The summed E-state index contributed by atoms with van der Waals surface area (Å²) in [5.41, 5.74) is 1.04. The molecule has 0 radical (unpaired) electrons. The predicted octanol–water partition coefficient (Wildman–Crippen LogP) is 6.62. The molecule has 3 rings (SSSR count). The van der Waals surface area contributed by atoms with Gasteiger partial charge in [-0.25, -0.2) is 0 Å². The van der Waals surface area contributed by atoms with E-state index in [9.17, 15) is 0 Å². The minimum atomic E-state index is 0.265. The molecular formula is C16H13BrClNS2. The molecule has 0 aliphatic heterocycles. The van der Waals surface area contributed by atoms with Crippen molar-refractivity contribution in [3.8, 4) is 0 Å². The number of nitrogens with one attached hydrogen (secondary N) is 1. The van der Waals surface area contributed by atoms with Crippen LogP contribution in [0, 0.1) is 0 Å². The number of rotatable bonds is 5. The van der Waals surface area contributed by atoms with Crippen LogP contribution in [0.15, 0.2) is 57.7 Å². The Labute approximate surface area is 145 Å². The van der Waals surface area contributed by atoms with Crippen LogP contribution < -0.4 is 5.32 Å². The van der Waals surface area contributed by atoms with Crippen molar-refractivity contribution in [3.05, 3.63) is 72.5 Å². The Morgan fingerprint density at radius 2 is 1.90 bits per heavy atom. The average molecular weight is 399 g/mol. The second kappa shape index (κ2) is 6.97. The Balaban J connectivity index is 1.83. The van der Waals surface area contributed by atoms with E-state index in [1.807, 2.05) is 18.2 Å². The highest BCUT2D eigenvalue weighted by molar-refractivity contribution is 9.10. The van der Waals surface area contributed by atoms with Gasteiger partial charge in [0.15, 0.2) is 0 Å². The van der Waals surface area contributed by atoms with Crippen LogP contribution in [0.2, 0.25) is 5.02 Å².